The van der Waals surface area contributed by atoms with Gasteiger partial charge in [0.1, 0.15) is 5.60 Å². The number of hydrogen-bond donors (Lipinski definition) is 1. The molecule has 0 aliphatic heterocycles. The standard InChI is InChI=1S/C15H24N2O2/c1-15(2,3)19-14(18)17-10-6-4-5-7-13-8-11-16-12-9-13/h8-9,11-12H,4-7,10H2,1-3H3,(H,17,18). The summed E-state index contributed by atoms with van der Waals surface area (Å²) in [6, 6.07) is 4.08. The molecule has 0 atom stereocenters. The number of hydrogen-bond acceptors (Lipinski definition) is 3. The maximum absolute atomic E-state index is 11.4. The first-order valence-corrected chi connectivity index (χ1v) is 6.83. The average molecular weight is 264 g/mol. The molecular formula is C15H24N2O2. The van der Waals surface area contributed by atoms with Gasteiger partial charge in [-0.2, -0.15) is 0 Å². The van der Waals surface area contributed by atoms with Crippen LogP contribution < -0.4 is 5.32 Å². The van der Waals surface area contributed by atoms with Gasteiger partial charge in [-0.05, 0) is 57.7 Å². The number of pyridine rings is 1. The molecule has 0 unspecified atom stereocenters. The third-order valence-electron chi connectivity index (χ3n) is 2.56. The molecule has 0 spiro atoms. The number of amides is 1. The van der Waals surface area contributed by atoms with E-state index in [-0.39, 0.29) is 6.09 Å². The first kappa shape index (κ1) is 15.5. The SMILES string of the molecule is CC(C)(C)OC(=O)NCCCCCc1ccncc1. The van der Waals surface area contributed by atoms with Crippen LogP contribution in [0, 0.1) is 0 Å². The summed E-state index contributed by atoms with van der Waals surface area (Å²) < 4.78 is 5.16. The summed E-state index contributed by atoms with van der Waals surface area (Å²) in [5, 5.41) is 2.77. The summed E-state index contributed by atoms with van der Waals surface area (Å²) in [5.74, 6) is 0. The van der Waals surface area contributed by atoms with E-state index in [9.17, 15) is 4.79 Å². The highest BCUT2D eigenvalue weighted by atomic mass is 16.6. The van der Waals surface area contributed by atoms with E-state index in [1.807, 2.05) is 45.3 Å². The van der Waals surface area contributed by atoms with Crippen LogP contribution in [-0.4, -0.2) is 23.2 Å². The van der Waals surface area contributed by atoms with E-state index in [1.165, 1.54) is 5.56 Å². The highest BCUT2D eigenvalue weighted by Crippen LogP contribution is 2.07. The van der Waals surface area contributed by atoms with Crippen LogP contribution in [0.4, 0.5) is 4.79 Å². The number of unbranched alkanes of at least 4 members (excludes halogenated alkanes) is 2. The van der Waals surface area contributed by atoms with Crippen molar-refractivity contribution in [3.63, 3.8) is 0 Å². The molecule has 0 saturated heterocycles. The fourth-order valence-electron chi connectivity index (χ4n) is 1.68. The highest BCUT2D eigenvalue weighted by molar-refractivity contribution is 5.67. The average Bonchev–Trinajstić information content (AvgIpc) is 2.32. The molecule has 4 nitrogen and oxygen atoms in total. The lowest BCUT2D eigenvalue weighted by Crippen LogP contribution is -2.32. The van der Waals surface area contributed by atoms with Crippen molar-refractivity contribution >= 4 is 6.09 Å². The number of nitrogens with zero attached hydrogens (tertiary/aromatic N) is 1. The lowest BCUT2D eigenvalue weighted by molar-refractivity contribution is 0.0527. The molecule has 0 aliphatic rings. The Bertz CT molecular complexity index is 371. The van der Waals surface area contributed by atoms with Crippen LogP contribution in [0.5, 0.6) is 0 Å². The van der Waals surface area contributed by atoms with Crippen LogP contribution in [0.15, 0.2) is 24.5 Å². The molecule has 0 aromatic carbocycles. The molecule has 0 fully saturated rings. The molecule has 1 heterocycles. The molecule has 106 valence electrons. The van der Waals surface area contributed by atoms with Gasteiger partial charge in [-0.25, -0.2) is 4.79 Å². The van der Waals surface area contributed by atoms with E-state index in [1.54, 1.807) is 0 Å². The summed E-state index contributed by atoms with van der Waals surface area (Å²) in [4.78, 5) is 15.4. The molecule has 0 radical (unpaired) electrons. The van der Waals surface area contributed by atoms with Gasteiger partial charge in [0, 0.05) is 18.9 Å². The zero-order valence-corrected chi connectivity index (χ0v) is 12.1. The van der Waals surface area contributed by atoms with E-state index < -0.39 is 5.60 Å². The van der Waals surface area contributed by atoms with Gasteiger partial charge < -0.3 is 10.1 Å². The Morgan fingerprint density at radius 3 is 2.53 bits per heavy atom. The van der Waals surface area contributed by atoms with Crippen molar-refractivity contribution in [2.24, 2.45) is 0 Å². The summed E-state index contributed by atoms with van der Waals surface area (Å²) in [7, 11) is 0. The number of rotatable bonds is 6. The van der Waals surface area contributed by atoms with Crippen molar-refractivity contribution in [3.8, 4) is 0 Å². The number of carbonyl (C=O) groups is 1. The number of ether oxygens (including phenoxy) is 1. The van der Waals surface area contributed by atoms with Crippen LogP contribution in [0.25, 0.3) is 0 Å². The van der Waals surface area contributed by atoms with Gasteiger partial charge in [0.15, 0.2) is 0 Å². The number of alkyl carbamates (subject to hydrolysis) is 1. The Hall–Kier alpha value is -1.58. The van der Waals surface area contributed by atoms with E-state index in [4.69, 9.17) is 4.74 Å². The molecule has 1 N–H and O–H groups in total. The molecule has 0 saturated carbocycles. The van der Waals surface area contributed by atoms with Gasteiger partial charge in [0.2, 0.25) is 0 Å². The Morgan fingerprint density at radius 1 is 1.21 bits per heavy atom. The quantitative estimate of drug-likeness (QED) is 0.802. The molecule has 1 aromatic rings. The molecule has 1 amide bonds. The normalized spacial score (nSPS) is 11.1. The van der Waals surface area contributed by atoms with Crippen LogP contribution in [0.3, 0.4) is 0 Å². The van der Waals surface area contributed by atoms with Gasteiger partial charge in [-0.3, -0.25) is 4.98 Å². The summed E-state index contributed by atoms with van der Waals surface area (Å²) >= 11 is 0. The van der Waals surface area contributed by atoms with E-state index in [0.29, 0.717) is 6.54 Å². The Kier molecular flexibility index (Phi) is 6.33. The number of aromatic nitrogens is 1. The fourth-order valence-corrected chi connectivity index (χ4v) is 1.68. The Morgan fingerprint density at radius 2 is 1.89 bits per heavy atom. The van der Waals surface area contributed by atoms with Crippen molar-refractivity contribution in [1.29, 1.82) is 0 Å². The molecule has 0 aliphatic carbocycles. The van der Waals surface area contributed by atoms with Crippen molar-refractivity contribution < 1.29 is 9.53 Å². The summed E-state index contributed by atoms with van der Waals surface area (Å²) in [6.07, 6.45) is 7.57. The second-order valence-corrected chi connectivity index (χ2v) is 5.59. The van der Waals surface area contributed by atoms with E-state index in [2.05, 4.69) is 10.3 Å². The number of carbonyl (C=O) groups excluding carboxylic acids is 1. The van der Waals surface area contributed by atoms with Crippen LogP contribution in [-0.2, 0) is 11.2 Å². The van der Waals surface area contributed by atoms with Crippen molar-refractivity contribution in [2.75, 3.05) is 6.54 Å². The molecule has 19 heavy (non-hydrogen) atoms. The van der Waals surface area contributed by atoms with Crippen LogP contribution >= 0.6 is 0 Å². The van der Waals surface area contributed by atoms with E-state index >= 15 is 0 Å². The summed E-state index contributed by atoms with van der Waals surface area (Å²) in [6.45, 7) is 6.26. The number of aryl methyl sites for hydroxylation is 1. The van der Waals surface area contributed by atoms with Crippen LogP contribution in [0.2, 0.25) is 0 Å². The van der Waals surface area contributed by atoms with Crippen molar-refractivity contribution in [3.05, 3.63) is 30.1 Å². The minimum atomic E-state index is -0.425. The zero-order valence-electron chi connectivity index (χ0n) is 12.1. The van der Waals surface area contributed by atoms with Crippen molar-refractivity contribution in [2.45, 2.75) is 52.1 Å². The Balaban J connectivity index is 2.01. The topological polar surface area (TPSA) is 51.2 Å². The van der Waals surface area contributed by atoms with Gasteiger partial charge in [-0.1, -0.05) is 6.42 Å². The van der Waals surface area contributed by atoms with E-state index in [0.717, 1.165) is 25.7 Å². The maximum Gasteiger partial charge on any atom is 0.407 e. The lowest BCUT2D eigenvalue weighted by Gasteiger charge is -2.19. The molecule has 1 rings (SSSR count). The Labute approximate surface area is 115 Å². The maximum atomic E-state index is 11.4. The highest BCUT2D eigenvalue weighted by Gasteiger charge is 2.15. The molecule has 0 bridgehead atoms. The van der Waals surface area contributed by atoms with Gasteiger partial charge >= 0.3 is 6.09 Å². The first-order chi connectivity index (χ1) is 8.97. The summed E-state index contributed by atoms with van der Waals surface area (Å²) in [5.41, 5.74) is 0.890. The largest absolute Gasteiger partial charge is 0.444 e. The monoisotopic (exact) mass is 264 g/mol. The number of nitrogens with one attached hydrogen (secondary N) is 1. The minimum absolute atomic E-state index is 0.332. The second-order valence-electron chi connectivity index (χ2n) is 5.59. The van der Waals surface area contributed by atoms with Gasteiger partial charge in [0.05, 0.1) is 0 Å². The third-order valence-corrected chi connectivity index (χ3v) is 2.56. The predicted molar refractivity (Wildman–Crippen MR) is 76.0 cm³/mol. The lowest BCUT2D eigenvalue weighted by atomic mass is 10.1. The fraction of sp³-hybridized carbons (Fsp3) is 0.600. The molecule has 4 heteroatoms. The van der Waals surface area contributed by atoms with Crippen LogP contribution in [0.1, 0.15) is 45.6 Å². The first-order valence-electron chi connectivity index (χ1n) is 6.83. The second kappa shape index (κ2) is 7.77. The van der Waals surface area contributed by atoms with Gasteiger partial charge in [0.25, 0.3) is 0 Å². The predicted octanol–water partition coefficient (Wildman–Crippen LogP) is 3.32. The van der Waals surface area contributed by atoms with Gasteiger partial charge in [-0.15, -0.1) is 0 Å². The third kappa shape index (κ3) is 8.19. The zero-order chi connectivity index (χ0) is 14.1. The van der Waals surface area contributed by atoms with Crippen molar-refractivity contribution in [1.82, 2.24) is 10.3 Å². The molecular weight excluding hydrogens is 240 g/mol. The smallest absolute Gasteiger partial charge is 0.407 e. The molecule has 1 aromatic heterocycles. The minimum Gasteiger partial charge on any atom is -0.444 e.